The number of rotatable bonds is 5. The van der Waals surface area contributed by atoms with Crippen LogP contribution in [-0.2, 0) is 11.4 Å². The maximum Gasteiger partial charge on any atom is 0.328 e. The van der Waals surface area contributed by atoms with Crippen LogP contribution in [0.25, 0.3) is 6.08 Å². The second-order valence-corrected chi connectivity index (χ2v) is 3.96. The summed E-state index contributed by atoms with van der Waals surface area (Å²) >= 11 is 0. The molecule has 2 rings (SSSR count). The van der Waals surface area contributed by atoms with Crippen molar-refractivity contribution in [1.29, 1.82) is 0 Å². The van der Waals surface area contributed by atoms with E-state index in [1.54, 1.807) is 24.3 Å². The molecule has 0 aliphatic rings. The maximum atomic E-state index is 10.4. The number of aryl methyl sites for hydroxylation is 1. The molecular formula is C14H13NO4. The van der Waals surface area contributed by atoms with Gasteiger partial charge in [-0.3, -0.25) is 0 Å². The van der Waals surface area contributed by atoms with E-state index in [2.05, 4.69) is 5.16 Å². The van der Waals surface area contributed by atoms with Crippen LogP contribution < -0.4 is 4.74 Å². The molecule has 2 aromatic rings. The lowest BCUT2D eigenvalue weighted by molar-refractivity contribution is -0.131. The molecule has 1 aromatic carbocycles. The van der Waals surface area contributed by atoms with Crippen LogP contribution >= 0.6 is 0 Å². The van der Waals surface area contributed by atoms with E-state index >= 15 is 0 Å². The Hall–Kier alpha value is -2.56. The molecule has 0 amide bonds. The van der Waals surface area contributed by atoms with Crippen molar-refractivity contribution >= 4 is 12.0 Å². The summed E-state index contributed by atoms with van der Waals surface area (Å²) in [6.45, 7) is 2.15. The number of carboxylic acid groups (broad SMARTS) is 1. The SMILES string of the molecule is Cc1cc(COc2ccc(/C=C/C(=O)O)cc2)on1. The summed E-state index contributed by atoms with van der Waals surface area (Å²) in [5.41, 5.74) is 1.61. The number of nitrogens with zero attached hydrogens (tertiary/aromatic N) is 1. The highest BCUT2D eigenvalue weighted by molar-refractivity contribution is 5.85. The molecule has 19 heavy (non-hydrogen) atoms. The van der Waals surface area contributed by atoms with Crippen LogP contribution in [0.5, 0.6) is 5.75 Å². The van der Waals surface area contributed by atoms with Crippen molar-refractivity contribution in [3.63, 3.8) is 0 Å². The summed E-state index contributed by atoms with van der Waals surface area (Å²) in [5, 5.41) is 12.3. The zero-order chi connectivity index (χ0) is 13.7. The lowest BCUT2D eigenvalue weighted by Crippen LogP contribution is -1.93. The molecule has 0 saturated heterocycles. The molecular weight excluding hydrogens is 246 g/mol. The summed E-state index contributed by atoms with van der Waals surface area (Å²) in [4.78, 5) is 10.4. The summed E-state index contributed by atoms with van der Waals surface area (Å²) in [5.74, 6) is 0.370. The molecule has 5 heteroatoms. The molecule has 0 atom stereocenters. The zero-order valence-electron chi connectivity index (χ0n) is 10.4. The summed E-state index contributed by atoms with van der Waals surface area (Å²) in [6.07, 6.45) is 2.61. The van der Waals surface area contributed by atoms with Crippen LogP contribution in [0.2, 0.25) is 0 Å². The third-order valence-corrected chi connectivity index (χ3v) is 2.36. The Morgan fingerprint density at radius 3 is 2.74 bits per heavy atom. The monoisotopic (exact) mass is 259 g/mol. The number of ether oxygens (including phenoxy) is 1. The van der Waals surface area contributed by atoms with Gasteiger partial charge >= 0.3 is 5.97 Å². The van der Waals surface area contributed by atoms with Crippen molar-refractivity contribution in [1.82, 2.24) is 5.16 Å². The Labute approximate surface area is 110 Å². The van der Waals surface area contributed by atoms with Crippen LogP contribution in [0, 0.1) is 6.92 Å². The maximum absolute atomic E-state index is 10.4. The van der Waals surface area contributed by atoms with Crippen LogP contribution in [0.15, 0.2) is 40.9 Å². The lowest BCUT2D eigenvalue weighted by atomic mass is 10.2. The largest absolute Gasteiger partial charge is 0.486 e. The molecule has 0 radical (unpaired) electrons. The van der Waals surface area contributed by atoms with Crippen LogP contribution in [0.1, 0.15) is 17.0 Å². The predicted molar refractivity (Wildman–Crippen MR) is 68.7 cm³/mol. The van der Waals surface area contributed by atoms with Crippen molar-refractivity contribution in [2.45, 2.75) is 13.5 Å². The third kappa shape index (κ3) is 3.99. The van der Waals surface area contributed by atoms with Gasteiger partial charge in [0.15, 0.2) is 5.76 Å². The van der Waals surface area contributed by atoms with Crippen molar-refractivity contribution < 1.29 is 19.2 Å². The average molecular weight is 259 g/mol. The Morgan fingerprint density at radius 2 is 2.16 bits per heavy atom. The van der Waals surface area contributed by atoms with Crippen molar-refractivity contribution in [2.75, 3.05) is 0 Å². The fourth-order valence-corrected chi connectivity index (χ4v) is 1.48. The van der Waals surface area contributed by atoms with Gasteiger partial charge in [-0.1, -0.05) is 17.3 Å². The van der Waals surface area contributed by atoms with Gasteiger partial charge in [-0.05, 0) is 30.7 Å². The van der Waals surface area contributed by atoms with Gasteiger partial charge in [0.05, 0.1) is 5.69 Å². The van der Waals surface area contributed by atoms with Gasteiger partial charge in [-0.2, -0.15) is 0 Å². The van der Waals surface area contributed by atoms with Crippen LogP contribution in [0.3, 0.4) is 0 Å². The van der Waals surface area contributed by atoms with Crippen molar-refractivity contribution in [2.24, 2.45) is 0 Å². The highest BCUT2D eigenvalue weighted by Crippen LogP contribution is 2.15. The summed E-state index contributed by atoms with van der Waals surface area (Å²) in [6, 6.07) is 8.90. The quantitative estimate of drug-likeness (QED) is 0.836. The number of carboxylic acids is 1. The van der Waals surface area contributed by atoms with Crippen molar-refractivity contribution in [3.8, 4) is 5.75 Å². The Balaban J connectivity index is 1.93. The first kappa shape index (κ1) is 12.9. The molecule has 1 heterocycles. The Bertz CT molecular complexity index is 584. The highest BCUT2D eigenvalue weighted by atomic mass is 16.5. The molecule has 5 nitrogen and oxygen atoms in total. The fourth-order valence-electron chi connectivity index (χ4n) is 1.48. The van der Waals surface area contributed by atoms with Gasteiger partial charge in [0.1, 0.15) is 12.4 Å². The van der Waals surface area contributed by atoms with Gasteiger partial charge in [-0.15, -0.1) is 0 Å². The Kier molecular flexibility index (Phi) is 3.97. The van der Waals surface area contributed by atoms with Gasteiger partial charge in [0, 0.05) is 12.1 Å². The predicted octanol–water partition coefficient (Wildman–Crippen LogP) is 2.66. The summed E-state index contributed by atoms with van der Waals surface area (Å²) in [7, 11) is 0. The van der Waals surface area contributed by atoms with Gasteiger partial charge in [-0.25, -0.2) is 4.79 Å². The van der Waals surface area contributed by atoms with Gasteiger partial charge in [0.2, 0.25) is 0 Å². The topological polar surface area (TPSA) is 72.6 Å². The van der Waals surface area contributed by atoms with E-state index < -0.39 is 5.97 Å². The highest BCUT2D eigenvalue weighted by Gasteiger charge is 2.01. The van der Waals surface area contributed by atoms with E-state index in [1.807, 2.05) is 13.0 Å². The van der Waals surface area contributed by atoms with Gasteiger partial charge in [0.25, 0.3) is 0 Å². The third-order valence-electron chi connectivity index (χ3n) is 2.36. The van der Waals surface area contributed by atoms with Crippen LogP contribution in [0.4, 0.5) is 0 Å². The zero-order valence-corrected chi connectivity index (χ0v) is 10.4. The smallest absolute Gasteiger partial charge is 0.328 e. The van der Waals surface area contributed by atoms with Gasteiger partial charge < -0.3 is 14.4 Å². The van der Waals surface area contributed by atoms with E-state index in [4.69, 9.17) is 14.4 Å². The number of aromatic nitrogens is 1. The molecule has 0 unspecified atom stereocenters. The van der Waals surface area contributed by atoms with E-state index in [0.29, 0.717) is 18.1 Å². The molecule has 0 saturated carbocycles. The number of hydrogen-bond donors (Lipinski definition) is 1. The molecule has 1 aromatic heterocycles. The Morgan fingerprint density at radius 1 is 1.42 bits per heavy atom. The molecule has 0 spiro atoms. The van der Waals surface area contributed by atoms with Crippen LogP contribution in [-0.4, -0.2) is 16.2 Å². The first-order chi connectivity index (χ1) is 9.13. The summed E-state index contributed by atoms with van der Waals surface area (Å²) < 4.78 is 10.5. The fraction of sp³-hybridized carbons (Fsp3) is 0.143. The minimum absolute atomic E-state index is 0.311. The average Bonchev–Trinajstić information content (AvgIpc) is 2.81. The van der Waals surface area contributed by atoms with E-state index in [1.165, 1.54) is 6.08 Å². The molecule has 0 aliphatic heterocycles. The molecule has 0 aliphatic carbocycles. The second-order valence-electron chi connectivity index (χ2n) is 3.96. The number of carbonyl (C=O) groups is 1. The number of hydrogen-bond acceptors (Lipinski definition) is 4. The van der Waals surface area contributed by atoms with E-state index in [9.17, 15) is 4.79 Å². The van der Waals surface area contributed by atoms with Crippen molar-refractivity contribution in [3.05, 3.63) is 53.4 Å². The van der Waals surface area contributed by atoms with E-state index in [-0.39, 0.29) is 0 Å². The standard InChI is InChI=1S/C14H13NO4/c1-10-8-13(19-15-10)9-18-12-5-2-11(3-6-12)4-7-14(16)17/h2-8H,9H2,1H3,(H,16,17)/b7-4+. The normalized spacial score (nSPS) is 10.8. The minimum atomic E-state index is -0.971. The first-order valence-electron chi connectivity index (χ1n) is 5.69. The number of aliphatic carboxylic acids is 1. The lowest BCUT2D eigenvalue weighted by Gasteiger charge is -2.03. The molecule has 0 bridgehead atoms. The molecule has 98 valence electrons. The first-order valence-corrected chi connectivity index (χ1v) is 5.69. The molecule has 0 fully saturated rings. The number of benzene rings is 1. The van der Waals surface area contributed by atoms with E-state index in [0.717, 1.165) is 17.3 Å². The molecule has 1 N–H and O–H groups in total. The second kappa shape index (κ2) is 5.86. The minimum Gasteiger partial charge on any atom is -0.486 e.